The largest absolute Gasteiger partial charge is 0.369 e. The highest BCUT2D eigenvalue weighted by Gasteiger charge is 2.64. The fourth-order valence-electron chi connectivity index (χ4n) is 6.18. The molecule has 1 spiro atoms. The third-order valence-electron chi connectivity index (χ3n) is 7.27. The lowest BCUT2D eigenvalue weighted by atomic mass is 9.50. The Labute approximate surface area is 152 Å². The molecule has 1 N–H and O–H groups in total. The molecule has 6 unspecified atom stereocenters. The second-order valence-corrected chi connectivity index (χ2v) is 9.89. The van der Waals surface area contributed by atoms with Gasteiger partial charge in [0, 0.05) is 11.5 Å². The van der Waals surface area contributed by atoms with Crippen LogP contribution in [0.25, 0.3) is 0 Å². The van der Waals surface area contributed by atoms with Crippen molar-refractivity contribution in [3.05, 3.63) is 35.9 Å². The summed E-state index contributed by atoms with van der Waals surface area (Å²) >= 11 is 1.95. The first kappa shape index (κ1) is 16.1. The zero-order valence-electron chi connectivity index (χ0n) is 13.8. The molecule has 23 heavy (non-hydrogen) atoms. The Hall–Kier alpha value is -0.420. The molecule has 3 saturated carbocycles. The number of alkyl halides is 1. The van der Waals surface area contributed by atoms with Crippen LogP contribution in [0.1, 0.15) is 45.1 Å². The minimum atomic E-state index is -1.39. The summed E-state index contributed by atoms with van der Waals surface area (Å²) in [6.45, 7) is 4.63. The van der Waals surface area contributed by atoms with E-state index < -0.39 is 3.61 Å². The molecule has 124 valence electrons. The van der Waals surface area contributed by atoms with Crippen molar-refractivity contribution in [1.29, 1.82) is 0 Å². The zero-order valence-corrected chi connectivity index (χ0v) is 16.0. The first-order chi connectivity index (χ1) is 10.9. The van der Waals surface area contributed by atoms with Gasteiger partial charge in [0.15, 0.2) is 9.39 Å². The molecule has 0 amide bonds. The van der Waals surface area contributed by atoms with Gasteiger partial charge in [-0.15, -0.1) is 0 Å². The summed E-state index contributed by atoms with van der Waals surface area (Å²) in [6, 6.07) is 9.43. The van der Waals surface area contributed by atoms with Crippen molar-refractivity contribution in [1.82, 2.24) is 0 Å². The van der Waals surface area contributed by atoms with E-state index in [1.807, 2.05) is 52.9 Å². The highest BCUT2D eigenvalue weighted by Crippen LogP contribution is 2.70. The van der Waals surface area contributed by atoms with Gasteiger partial charge in [-0.1, -0.05) is 44.2 Å². The fourth-order valence-corrected chi connectivity index (χ4v) is 6.90. The number of carbonyl (C=O) groups excluding carboxylic acids is 1. The maximum atomic E-state index is 13.3. The average Bonchev–Trinajstić information content (AvgIpc) is 2.77. The number of fused-ring (bicyclic) bond motifs is 1. The van der Waals surface area contributed by atoms with Gasteiger partial charge in [0.25, 0.3) is 0 Å². The summed E-state index contributed by atoms with van der Waals surface area (Å²) in [4.78, 5) is 13.3. The van der Waals surface area contributed by atoms with E-state index in [0.29, 0.717) is 22.8 Å². The van der Waals surface area contributed by atoms with Crippen LogP contribution >= 0.6 is 22.6 Å². The van der Waals surface area contributed by atoms with Gasteiger partial charge in [0.1, 0.15) is 0 Å². The van der Waals surface area contributed by atoms with Crippen LogP contribution in [-0.4, -0.2) is 10.9 Å². The molecule has 1 aromatic rings. The van der Waals surface area contributed by atoms with Crippen LogP contribution in [0, 0.1) is 35.0 Å². The van der Waals surface area contributed by atoms with E-state index >= 15 is 0 Å². The van der Waals surface area contributed by atoms with Crippen molar-refractivity contribution in [2.24, 2.45) is 35.0 Å². The maximum Gasteiger partial charge on any atom is 0.200 e. The summed E-state index contributed by atoms with van der Waals surface area (Å²) in [5.74, 6) is 2.57. The highest BCUT2D eigenvalue weighted by molar-refractivity contribution is 14.1. The number of ketones is 1. The quantitative estimate of drug-likeness (QED) is 0.571. The molecule has 3 fully saturated rings. The zero-order chi connectivity index (χ0) is 16.4. The number of benzene rings is 1. The van der Waals surface area contributed by atoms with Crippen LogP contribution in [0.15, 0.2) is 30.3 Å². The Morgan fingerprint density at radius 1 is 1.22 bits per heavy atom. The third kappa shape index (κ3) is 2.18. The maximum absolute atomic E-state index is 13.3. The number of halogens is 1. The molecule has 0 aliphatic heterocycles. The second-order valence-electron chi connectivity index (χ2n) is 8.33. The van der Waals surface area contributed by atoms with Gasteiger partial charge in [0.05, 0.1) is 0 Å². The van der Waals surface area contributed by atoms with Crippen LogP contribution in [0.4, 0.5) is 0 Å². The van der Waals surface area contributed by atoms with Gasteiger partial charge >= 0.3 is 0 Å². The minimum absolute atomic E-state index is 0.0144. The number of rotatable bonds is 3. The molecule has 7 atom stereocenters. The normalized spacial score (nSPS) is 44.1. The summed E-state index contributed by atoms with van der Waals surface area (Å²) in [5.41, 5.74) is 1.24. The topological polar surface area (TPSA) is 37.3 Å². The monoisotopic (exact) mass is 424 g/mol. The molecule has 0 saturated heterocycles. The van der Waals surface area contributed by atoms with E-state index in [0.717, 1.165) is 11.8 Å². The van der Waals surface area contributed by atoms with Crippen molar-refractivity contribution in [3.8, 4) is 0 Å². The SMILES string of the molecule is CC1CC23CC(CC2CC3C)[C@@H]1C(=O)C(O)(I)c1ccccc1. The first-order valence-electron chi connectivity index (χ1n) is 8.87. The van der Waals surface area contributed by atoms with E-state index in [9.17, 15) is 9.90 Å². The molecule has 0 aromatic heterocycles. The van der Waals surface area contributed by atoms with Crippen LogP contribution in [0.3, 0.4) is 0 Å². The van der Waals surface area contributed by atoms with Crippen LogP contribution in [0.2, 0.25) is 0 Å². The summed E-state index contributed by atoms with van der Waals surface area (Å²) in [7, 11) is 0. The first-order valence-corrected chi connectivity index (χ1v) is 9.95. The predicted molar refractivity (Wildman–Crippen MR) is 99.1 cm³/mol. The molecular weight excluding hydrogens is 399 g/mol. The summed E-state index contributed by atoms with van der Waals surface area (Å²) in [5, 5.41) is 11.0. The van der Waals surface area contributed by atoms with E-state index in [-0.39, 0.29) is 11.7 Å². The van der Waals surface area contributed by atoms with E-state index in [1.54, 1.807) is 0 Å². The van der Waals surface area contributed by atoms with Crippen molar-refractivity contribution < 1.29 is 9.90 Å². The van der Waals surface area contributed by atoms with Crippen LogP contribution in [-0.2, 0) is 8.40 Å². The van der Waals surface area contributed by atoms with Gasteiger partial charge < -0.3 is 5.11 Å². The molecule has 3 aliphatic carbocycles. The number of hydrogen-bond acceptors (Lipinski definition) is 2. The Balaban J connectivity index is 1.62. The van der Waals surface area contributed by atoms with E-state index in [4.69, 9.17) is 0 Å². The van der Waals surface area contributed by atoms with Crippen molar-refractivity contribution in [2.75, 3.05) is 0 Å². The molecule has 2 nitrogen and oxygen atoms in total. The Bertz CT molecular complexity index is 626. The molecule has 3 heteroatoms. The molecule has 1 aromatic carbocycles. The van der Waals surface area contributed by atoms with Crippen LogP contribution < -0.4 is 0 Å². The highest BCUT2D eigenvalue weighted by atomic mass is 127. The average molecular weight is 424 g/mol. The number of aliphatic hydroxyl groups is 1. The Morgan fingerprint density at radius 2 is 1.91 bits per heavy atom. The Kier molecular flexibility index (Phi) is 3.69. The molecule has 4 rings (SSSR count). The van der Waals surface area contributed by atoms with E-state index in [2.05, 4.69) is 13.8 Å². The predicted octanol–water partition coefficient (Wildman–Crippen LogP) is 4.54. The van der Waals surface area contributed by atoms with Crippen molar-refractivity contribution in [2.45, 2.75) is 43.1 Å². The number of carbonyl (C=O) groups is 1. The second kappa shape index (κ2) is 5.29. The van der Waals surface area contributed by atoms with Gasteiger partial charge in [-0.3, -0.25) is 4.79 Å². The minimum Gasteiger partial charge on any atom is -0.369 e. The molecule has 0 radical (unpaired) electrons. The van der Waals surface area contributed by atoms with Gasteiger partial charge in [0.2, 0.25) is 0 Å². The van der Waals surface area contributed by atoms with Crippen molar-refractivity contribution >= 4 is 28.4 Å². The smallest absolute Gasteiger partial charge is 0.200 e. The number of hydrogen-bond donors (Lipinski definition) is 1. The standard InChI is InChI=1S/C20H25IO2/c1-12-10-19-11-14(9-16(19)8-13(19)2)17(12)18(22)20(21,23)15-6-4-3-5-7-15/h3-7,12-14,16-17,23H,8-11H2,1-2H3/t12?,13?,14?,16?,17-,19?,20?/m1/s1. The van der Waals surface area contributed by atoms with Crippen molar-refractivity contribution in [3.63, 3.8) is 0 Å². The van der Waals surface area contributed by atoms with Crippen LogP contribution in [0.5, 0.6) is 0 Å². The molecule has 3 aliphatic rings. The lowest BCUT2D eigenvalue weighted by molar-refractivity contribution is -0.140. The molecular formula is C20H25IO2. The fraction of sp³-hybridized carbons (Fsp3) is 0.650. The lowest BCUT2D eigenvalue weighted by Crippen LogP contribution is -2.49. The third-order valence-corrected chi connectivity index (χ3v) is 8.43. The van der Waals surface area contributed by atoms with Gasteiger partial charge in [-0.25, -0.2) is 0 Å². The Morgan fingerprint density at radius 3 is 2.57 bits per heavy atom. The summed E-state index contributed by atoms with van der Waals surface area (Å²) in [6.07, 6.45) is 4.93. The lowest BCUT2D eigenvalue weighted by Gasteiger charge is -2.55. The summed E-state index contributed by atoms with van der Waals surface area (Å²) < 4.78 is -1.39. The van der Waals surface area contributed by atoms with Gasteiger partial charge in [-0.05, 0) is 77.4 Å². The van der Waals surface area contributed by atoms with Gasteiger partial charge in [-0.2, -0.15) is 0 Å². The van der Waals surface area contributed by atoms with E-state index in [1.165, 1.54) is 25.7 Å². The number of Topliss-reactive ketones (excluding diaryl/α,β-unsaturated/α-hetero) is 1. The molecule has 0 heterocycles. The molecule has 2 bridgehead atoms.